The lowest BCUT2D eigenvalue weighted by atomic mass is 9.80. The third-order valence-electron chi connectivity index (χ3n) is 6.13. The minimum absolute atomic E-state index is 0.329. The molecular weight excluding hydrogens is 362 g/mol. The molecular formula is C25H31NO3. The second-order valence-corrected chi connectivity index (χ2v) is 8.47. The van der Waals surface area contributed by atoms with Crippen LogP contribution in [0.5, 0.6) is 17.2 Å². The highest BCUT2D eigenvalue weighted by molar-refractivity contribution is 5.97. The molecule has 1 fully saturated rings. The van der Waals surface area contributed by atoms with Crippen LogP contribution < -0.4 is 9.47 Å². The Morgan fingerprint density at radius 3 is 2.38 bits per heavy atom. The van der Waals surface area contributed by atoms with Gasteiger partial charge in [-0.2, -0.15) is 0 Å². The first-order chi connectivity index (χ1) is 13.9. The SMILES string of the molecule is CCC1=C(c2ccc(OC)cc2)C(C)(C)Oc2c1ccc(O)c2CN1CCCC1. The minimum atomic E-state index is -0.500. The Balaban J connectivity index is 1.85. The standard InChI is InChI=1S/C25H31NO3/c1-5-19-20-12-13-22(27)21(16-26-14-6-7-15-26)24(20)29-25(2,3)23(19)17-8-10-18(28-4)11-9-17/h8-13,27H,5-7,14-16H2,1-4H3. The van der Waals surface area contributed by atoms with Crippen molar-refractivity contribution in [2.45, 2.75) is 52.2 Å². The van der Waals surface area contributed by atoms with Crippen LogP contribution in [0.15, 0.2) is 36.4 Å². The molecule has 4 nitrogen and oxygen atoms in total. The summed E-state index contributed by atoms with van der Waals surface area (Å²) in [5, 5.41) is 10.7. The Morgan fingerprint density at radius 2 is 1.76 bits per heavy atom. The quantitative estimate of drug-likeness (QED) is 0.729. The summed E-state index contributed by atoms with van der Waals surface area (Å²) in [6, 6.07) is 12.0. The number of phenols is 1. The highest BCUT2D eigenvalue weighted by Crippen LogP contribution is 2.49. The fraction of sp³-hybridized carbons (Fsp3) is 0.440. The molecule has 1 saturated heterocycles. The summed E-state index contributed by atoms with van der Waals surface area (Å²) in [6.07, 6.45) is 3.35. The average molecular weight is 394 g/mol. The lowest BCUT2D eigenvalue weighted by Crippen LogP contribution is -2.35. The molecule has 4 heteroatoms. The van der Waals surface area contributed by atoms with Gasteiger partial charge in [-0.05, 0) is 81.6 Å². The van der Waals surface area contributed by atoms with Gasteiger partial charge in [-0.3, -0.25) is 4.90 Å². The van der Waals surface area contributed by atoms with Crippen molar-refractivity contribution in [3.05, 3.63) is 53.1 Å². The van der Waals surface area contributed by atoms with E-state index in [2.05, 4.69) is 37.8 Å². The molecule has 2 heterocycles. The molecule has 0 saturated carbocycles. The van der Waals surface area contributed by atoms with Gasteiger partial charge in [0.25, 0.3) is 0 Å². The van der Waals surface area contributed by atoms with E-state index in [1.807, 2.05) is 24.3 Å². The Labute approximate surface area is 173 Å². The van der Waals surface area contributed by atoms with Crippen LogP contribution in [0, 0.1) is 0 Å². The van der Waals surface area contributed by atoms with Crippen molar-refractivity contribution < 1.29 is 14.6 Å². The molecule has 0 aliphatic carbocycles. The summed E-state index contributed by atoms with van der Waals surface area (Å²) in [5.74, 6) is 2.02. The third-order valence-corrected chi connectivity index (χ3v) is 6.13. The third kappa shape index (κ3) is 3.62. The van der Waals surface area contributed by atoms with Crippen LogP contribution in [0.4, 0.5) is 0 Å². The van der Waals surface area contributed by atoms with Crippen LogP contribution in [0.25, 0.3) is 11.1 Å². The van der Waals surface area contributed by atoms with Gasteiger partial charge in [0.1, 0.15) is 22.8 Å². The van der Waals surface area contributed by atoms with E-state index in [1.54, 1.807) is 7.11 Å². The van der Waals surface area contributed by atoms with E-state index in [0.717, 1.165) is 54.2 Å². The van der Waals surface area contributed by atoms with Gasteiger partial charge < -0.3 is 14.6 Å². The van der Waals surface area contributed by atoms with Crippen molar-refractivity contribution in [1.82, 2.24) is 4.90 Å². The summed E-state index contributed by atoms with van der Waals surface area (Å²) in [5.41, 5.74) is 5.15. The van der Waals surface area contributed by atoms with E-state index < -0.39 is 5.60 Å². The lowest BCUT2D eigenvalue weighted by molar-refractivity contribution is 0.163. The van der Waals surface area contributed by atoms with Gasteiger partial charge in [0.15, 0.2) is 0 Å². The molecule has 0 unspecified atom stereocenters. The molecule has 2 aliphatic heterocycles. The number of hydrogen-bond donors (Lipinski definition) is 1. The van der Waals surface area contributed by atoms with Crippen LogP contribution in [-0.2, 0) is 6.54 Å². The number of phenolic OH excluding ortho intramolecular Hbond substituents is 1. The first kappa shape index (κ1) is 19.8. The maximum absolute atomic E-state index is 10.7. The zero-order valence-corrected chi connectivity index (χ0v) is 17.9. The first-order valence-electron chi connectivity index (χ1n) is 10.6. The van der Waals surface area contributed by atoms with Gasteiger partial charge >= 0.3 is 0 Å². The van der Waals surface area contributed by atoms with Crippen molar-refractivity contribution in [3.63, 3.8) is 0 Å². The number of aromatic hydroxyl groups is 1. The number of ether oxygens (including phenoxy) is 2. The van der Waals surface area contributed by atoms with Crippen molar-refractivity contribution in [2.75, 3.05) is 20.2 Å². The summed E-state index contributed by atoms with van der Waals surface area (Å²) < 4.78 is 12.0. The number of likely N-dealkylation sites (tertiary alicyclic amines) is 1. The molecule has 1 N–H and O–H groups in total. The Morgan fingerprint density at radius 1 is 1.07 bits per heavy atom. The van der Waals surface area contributed by atoms with Crippen LogP contribution in [0.2, 0.25) is 0 Å². The fourth-order valence-corrected chi connectivity index (χ4v) is 4.74. The molecule has 0 amide bonds. The normalized spacial score (nSPS) is 18.5. The Bertz CT molecular complexity index is 922. The zero-order chi connectivity index (χ0) is 20.6. The highest BCUT2D eigenvalue weighted by atomic mass is 16.5. The van der Waals surface area contributed by atoms with E-state index in [1.165, 1.54) is 24.0 Å². The van der Waals surface area contributed by atoms with Crippen LogP contribution in [0.1, 0.15) is 56.7 Å². The highest BCUT2D eigenvalue weighted by Gasteiger charge is 2.37. The van der Waals surface area contributed by atoms with E-state index in [4.69, 9.17) is 9.47 Å². The number of fused-ring (bicyclic) bond motifs is 1. The largest absolute Gasteiger partial charge is 0.507 e. The van der Waals surface area contributed by atoms with Crippen molar-refractivity contribution in [1.29, 1.82) is 0 Å². The molecule has 29 heavy (non-hydrogen) atoms. The van der Waals surface area contributed by atoms with E-state index >= 15 is 0 Å². The molecule has 0 radical (unpaired) electrons. The van der Waals surface area contributed by atoms with Gasteiger partial charge in [-0.1, -0.05) is 19.1 Å². The predicted octanol–water partition coefficient (Wildman–Crippen LogP) is 5.49. The molecule has 2 aromatic rings. The molecule has 0 atom stereocenters. The number of nitrogens with zero attached hydrogens (tertiary/aromatic N) is 1. The summed E-state index contributed by atoms with van der Waals surface area (Å²) >= 11 is 0. The number of hydrogen-bond acceptors (Lipinski definition) is 4. The predicted molar refractivity (Wildman–Crippen MR) is 117 cm³/mol. The van der Waals surface area contributed by atoms with Gasteiger partial charge in [0.2, 0.25) is 0 Å². The van der Waals surface area contributed by atoms with Crippen molar-refractivity contribution in [2.24, 2.45) is 0 Å². The number of methoxy groups -OCH3 is 1. The summed E-state index contributed by atoms with van der Waals surface area (Å²) in [7, 11) is 1.68. The van der Waals surface area contributed by atoms with Gasteiger partial charge in [-0.15, -0.1) is 0 Å². The topological polar surface area (TPSA) is 41.9 Å². The average Bonchev–Trinajstić information content (AvgIpc) is 3.22. The lowest BCUT2D eigenvalue weighted by Gasteiger charge is -2.39. The maximum Gasteiger partial charge on any atom is 0.136 e. The molecule has 2 aliphatic rings. The smallest absolute Gasteiger partial charge is 0.136 e. The second kappa shape index (κ2) is 7.75. The van der Waals surface area contributed by atoms with E-state index in [9.17, 15) is 5.11 Å². The molecule has 0 spiro atoms. The molecule has 0 bridgehead atoms. The fourth-order valence-electron chi connectivity index (χ4n) is 4.74. The Hall–Kier alpha value is -2.46. The summed E-state index contributed by atoms with van der Waals surface area (Å²) in [6.45, 7) is 9.33. The summed E-state index contributed by atoms with van der Waals surface area (Å²) in [4.78, 5) is 2.40. The van der Waals surface area contributed by atoms with Crippen LogP contribution in [0.3, 0.4) is 0 Å². The van der Waals surface area contributed by atoms with E-state index in [-0.39, 0.29) is 0 Å². The maximum atomic E-state index is 10.7. The number of allylic oxidation sites excluding steroid dienone is 1. The van der Waals surface area contributed by atoms with Gasteiger partial charge in [0, 0.05) is 17.7 Å². The van der Waals surface area contributed by atoms with Crippen LogP contribution >= 0.6 is 0 Å². The molecule has 0 aromatic heterocycles. The number of rotatable bonds is 5. The van der Waals surface area contributed by atoms with Crippen molar-refractivity contribution in [3.8, 4) is 17.2 Å². The van der Waals surface area contributed by atoms with E-state index in [0.29, 0.717) is 5.75 Å². The Kier molecular flexibility index (Phi) is 5.30. The van der Waals surface area contributed by atoms with Crippen molar-refractivity contribution >= 4 is 11.1 Å². The second-order valence-electron chi connectivity index (χ2n) is 8.47. The molecule has 4 rings (SSSR count). The molecule has 154 valence electrons. The van der Waals surface area contributed by atoms with Gasteiger partial charge in [0.05, 0.1) is 12.7 Å². The van der Waals surface area contributed by atoms with Crippen LogP contribution in [-0.4, -0.2) is 35.8 Å². The monoisotopic (exact) mass is 393 g/mol. The van der Waals surface area contributed by atoms with Gasteiger partial charge in [-0.25, -0.2) is 0 Å². The molecule has 2 aromatic carbocycles. The zero-order valence-electron chi connectivity index (χ0n) is 17.9. The minimum Gasteiger partial charge on any atom is -0.507 e. The number of benzene rings is 2. The first-order valence-corrected chi connectivity index (χ1v) is 10.6.